The monoisotopic (exact) mass is 414 g/mol. The van der Waals surface area contributed by atoms with Gasteiger partial charge >= 0.3 is 0 Å². The van der Waals surface area contributed by atoms with Gasteiger partial charge < -0.3 is 14.7 Å². The summed E-state index contributed by atoms with van der Waals surface area (Å²) in [6.07, 6.45) is 1.37. The molecule has 5 rings (SSSR count). The molecule has 0 unspecified atom stereocenters. The second-order valence-electron chi connectivity index (χ2n) is 7.47. The Hall–Kier alpha value is -3.71. The molecule has 0 saturated carbocycles. The smallest absolute Gasteiger partial charge is 0.264 e. The Morgan fingerprint density at radius 1 is 0.968 bits per heavy atom. The van der Waals surface area contributed by atoms with Crippen LogP contribution in [0.2, 0.25) is 0 Å². The summed E-state index contributed by atoms with van der Waals surface area (Å²) in [5.41, 5.74) is 5.24. The molecule has 1 aliphatic rings. The molecule has 1 amide bonds. The van der Waals surface area contributed by atoms with Gasteiger partial charge in [-0.05, 0) is 54.3 Å². The second kappa shape index (κ2) is 8.20. The van der Waals surface area contributed by atoms with Crippen molar-refractivity contribution in [2.24, 2.45) is 0 Å². The molecule has 1 N–H and O–H groups in total. The van der Waals surface area contributed by atoms with Gasteiger partial charge in [0.1, 0.15) is 22.5 Å². The van der Waals surface area contributed by atoms with E-state index in [0.29, 0.717) is 24.4 Å². The highest BCUT2D eigenvalue weighted by atomic mass is 16.5. The van der Waals surface area contributed by atoms with Crippen LogP contribution in [0.25, 0.3) is 16.7 Å². The molecule has 2 heterocycles. The zero-order chi connectivity index (χ0) is 21.2. The van der Waals surface area contributed by atoms with E-state index in [1.54, 1.807) is 11.0 Å². The largest absolute Gasteiger partial charge is 0.481 e. The number of nitrogens with zero attached hydrogens (tertiary/aromatic N) is 4. The number of carbonyl (C=O) groups excluding carboxylic acids is 1. The van der Waals surface area contributed by atoms with Crippen molar-refractivity contribution in [1.29, 1.82) is 0 Å². The van der Waals surface area contributed by atoms with Crippen LogP contribution in [0.5, 0.6) is 5.75 Å². The molecule has 0 spiro atoms. The number of ether oxygens (including phenoxy) is 1. The zero-order valence-electron chi connectivity index (χ0n) is 16.9. The van der Waals surface area contributed by atoms with E-state index in [0.717, 1.165) is 28.7 Å². The number of aromatic nitrogens is 3. The molecular formula is C24H22N4O3. The Bertz CT molecular complexity index is 1220. The first-order valence-electron chi connectivity index (χ1n) is 10.3. The Morgan fingerprint density at radius 2 is 1.71 bits per heavy atom. The van der Waals surface area contributed by atoms with E-state index in [9.17, 15) is 9.90 Å². The van der Waals surface area contributed by atoms with Crippen LogP contribution in [-0.2, 0) is 17.6 Å². The third kappa shape index (κ3) is 3.75. The van der Waals surface area contributed by atoms with Crippen molar-refractivity contribution < 1.29 is 14.6 Å². The lowest BCUT2D eigenvalue weighted by atomic mass is 10.1. The Labute approximate surface area is 179 Å². The van der Waals surface area contributed by atoms with Crippen molar-refractivity contribution >= 4 is 22.6 Å². The number of anilines is 1. The van der Waals surface area contributed by atoms with E-state index < -0.39 is 0 Å². The topological polar surface area (TPSA) is 80.5 Å². The first kappa shape index (κ1) is 19.3. The van der Waals surface area contributed by atoms with Gasteiger partial charge in [-0.15, -0.1) is 15.0 Å². The first-order valence-corrected chi connectivity index (χ1v) is 10.3. The van der Waals surface area contributed by atoms with E-state index in [2.05, 4.69) is 16.3 Å². The summed E-state index contributed by atoms with van der Waals surface area (Å²) in [6.45, 7) is 0.623. The van der Waals surface area contributed by atoms with Crippen LogP contribution in [0.3, 0.4) is 0 Å². The number of carbonyl (C=O) groups is 1. The lowest BCUT2D eigenvalue weighted by molar-refractivity contribution is -0.120. The van der Waals surface area contributed by atoms with Crippen LogP contribution in [0, 0.1) is 0 Å². The Morgan fingerprint density at radius 3 is 2.48 bits per heavy atom. The Balaban J connectivity index is 1.42. The number of benzene rings is 3. The number of aliphatic hydroxyl groups is 1. The van der Waals surface area contributed by atoms with E-state index in [4.69, 9.17) is 4.74 Å². The summed E-state index contributed by atoms with van der Waals surface area (Å²) in [6, 6.07) is 21.1. The van der Waals surface area contributed by atoms with Crippen LogP contribution in [0.1, 0.15) is 11.1 Å². The fraction of sp³-hybridized carbons (Fsp3) is 0.208. The van der Waals surface area contributed by atoms with Crippen LogP contribution < -0.4 is 9.64 Å². The molecule has 0 aliphatic carbocycles. The summed E-state index contributed by atoms with van der Waals surface area (Å²) < 4.78 is 5.96. The molecule has 3 aromatic carbocycles. The number of rotatable bonds is 6. The molecule has 1 aromatic heterocycles. The quantitative estimate of drug-likeness (QED) is 0.525. The summed E-state index contributed by atoms with van der Waals surface area (Å²) in [5, 5.41) is 18.4. The van der Waals surface area contributed by atoms with Crippen molar-refractivity contribution in [3.63, 3.8) is 0 Å². The van der Waals surface area contributed by atoms with Crippen LogP contribution in [0.4, 0.5) is 5.69 Å². The lowest BCUT2D eigenvalue weighted by Gasteiger charge is -2.18. The van der Waals surface area contributed by atoms with Crippen LogP contribution in [0.15, 0.2) is 66.7 Å². The third-order valence-electron chi connectivity index (χ3n) is 5.47. The van der Waals surface area contributed by atoms with Crippen molar-refractivity contribution in [1.82, 2.24) is 15.0 Å². The average molecular weight is 414 g/mol. The maximum Gasteiger partial charge on any atom is 0.264 e. The second-order valence-corrected chi connectivity index (χ2v) is 7.47. The molecule has 31 heavy (non-hydrogen) atoms. The van der Waals surface area contributed by atoms with E-state index in [-0.39, 0.29) is 19.1 Å². The fourth-order valence-electron chi connectivity index (χ4n) is 3.91. The minimum Gasteiger partial charge on any atom is -0.481 e. The summed E-state index contributed by atoms with van der Waals surface area (Å²) in [5.74, 6) is 0.428. The van der Waals surface area contributed by atoms with Gasteiger partial charge in [0, 0.05) is 18.8 Å². The summed E-state index contributed by atoms with van der Waals surface area (Å²) in [7, 11) is 0. The van der Waals surface area contributed by atoms with Gasteiger partial charge in [-0.1, -0.05) is 36.4 Å². The van der Waals surface area contributed by atoms with E-state index >= 15 is 0 Å². The summed E-state index contributed by atoms with van der Waals surface area (Å²) in [4.78, 5) is 16.2. The Kier molecular flexibility index (Phi) is 5.09. The van der Waals surface area contributed by atoms with Gasteiger partial charge in [-0.2, -0.15) is 0 Å². The SMILES string of the molecule is O=C(COc1ccc(CCO)cc1-n1nc2ccccc2n1)N1CCc2ccccc21. The van der Waals surface area contributed by atoms with Crippen molar-refractivity contribution in [3.8, 4) is 11.4 Å². The molecule has 7 nitrogen and oxygen atoms in total. The first-order chi connectivity index (χ1) is 15.2. The highest BCUT2D eigenvalue weighted by Gasteiger charge is 2.24. The fourth-order valence-corrected chi connectivity index (χ4v) is 3.91. The van der Waals surface area contributed by atoms with Gasteiger partial charge in [0.15, 0.2) is 6.61 Å². The number of hydrogen-bond donors (Lipinski definition) is 1. The molecule has 4 aromatic rings. The molecule has 0 bridgehead atoms. The van der Waals surface area contributed by atoms with Crippen molar-refractivity contribution in [2.75, 3.05) is 24.7 Å². The zero-order valence-corrected chi connectivity index (χ0v) is 16.9. The van der Waals surface area contributed by atoms with Gasteiger partial charge in [0.2, 0.25) is 0 Å². The van der Waals surface area contributed by atoms with E-state index in [1.807, 2.05) is 54.6 Å². The number of para-hydroxylation sites is 1. The molecule has 1 aliphatic heterocycles. The molecule has 0 radical (unpaired) electrons. The molecule has 0 atom stereocenters. The van der Waals surface area contributed by atoms with Crippen molar-refractivity contribution in [3.05, 3.63) is 77.9 Å². The third-order valence-corrected chi connectivity index (χ3v) is 5.47. The molecule has 0 fully saturated rings. The average Bonchev–Trinajstić information content (AvgIpc) is 3.42. The van der Waals surface area contributed by atoms with Gasteiger partial charge in [-0.3, -0.25) is 4.79 Å². The van der Waals surface area contributed by atoms with Crippen LogP contribution in [-0.4, -0.2) is 45.8 Å². The number of hydrogen-bond acceptors (Lipinski definition) is 5. The molecule has 0 saturated heterocycles. The normalized spacial score (nSPS) is 12.9. The minimum absolute atomic E-state index is 0.0427. The lowest BCUT2D eigenvalue weighted by Crippen LogP contribution is -2.33. The standard InChI is InChI=1S/C24H22N4O3/c29-14-12-17-9-10-23(22(15-17)28-25-19-6-2-3-7-20(19)26-28)31-16-24(30)27-13-11-18-5-1-4-8-21(18)27/h1-10,15,29H,11-14,16H2. The number of amides is 1. The number of aliphatic hydroxyl groups excluding tert-OH is 1. The predicted octanol–water partition coefficient (Wildman–Crippen LogP) is 2.92. The predicted molar refractivity (Wildman–Crippen MR) is 118 cm³/mol. The molecule has 156 valence electrons. The minimum atomic E-state index is -0.0890. The van der Waals surface area contributed by atoms with Gasteiger partial charge in [-0.25, -0.2) is 0 Å². The number of fused-ring (bicyclic) bond motifs is 2. The highest BCUT2D eigenvalue weighted by molar-refractivity contribution is 5.96. The maximum absolute atomic E-state index is 12.9. The molecule has 7 heteroatoms. The van der Waals surface area contributed by atoms with Gasteiger partial charge in [0.05, 0.1) is 0 Å². The maximum atomic E-state index is 12.9. The van der Waals surface area contributed by atoms with Crippen LogP contribution >= 0.6 is 0 Å². The molecular weight excluding hydrogens is 392 g/mol. The van der Waals surface area contributed by atoms with E-state index in [1.165, 1.54) is 10.4 Å². The summed E-state index contributed by atoms with van der Waals surface area (Å²) >= 11 is 0. The van der Waals surface area contributed by atoms with Crippen molar-refractivity contribution in [2.45, 2.75) is 12.8 Å². The van der Waals surface area contributed by atoms with Gasteiger partial charge in [0.25, 0.3) is 5.91 Å². The highest BCUT2D eigenvalue weighted by Crippen LogP contribution is 2.28.